The van der Waals surface area contributed by atoms with E-state index in [0.717, 1.165) is 12.1 Å². The van der Waals surface area contributed by atoms with E-state index in [4.69, 9.17) is 0 Å². The summed E-state index contributed by atoms with van der Waals surface area (Å²) in [5, 5.41) is 2.60. The number of alkyl halides is 2. The van der Waals surface area contributed by atoms with Crippen LogP contribution in [0.1, 0.15) is 30.9 Å². The Balaban J connectivity index is 2.55. The molecule has 1 N–H and O–H groups in total. The molecule has 2 nitrogen and oxygen atoms in total. The van der Waals surface area contributed by atoms with E-state index < -0.39 is 17.8 Å². The number of benzene rings is 1. The van der Waals surface area contributed by atoms with Gasteiger partial charge in [0.2, 0.25) is 5.91 Å². The summed E-state index contributed by atoms with van der Waals surface area (Å²) >= 11 is 0. The summed E-state index contributed by atoms with van der Waals surface area (Å²) in [5.41, 5.74) is -0.0786. The summed E-state index contributed by atoms with van der Waals surface area (Å²) in [6.45, 7) is 1.91. The first-order valence-corrected chi connectivity index (χ1v) is 5.49. The van der Waals surface area contributed by atoms with E-state index in [-0.39, 0.29) is 5.91 Å². The van der Waals surface area contributed by atoms with Gasteiger partial charge in [0.25, 0.3) is 6.43 Å². The number of amides is 1. The van der Waals surface area contributed by atoms with Crippen molar-refractivity contribution in [1.29, 1.82) is 0 Å². The number of hydrogen-bond acceptors (Lipinski definition) is 1. The summed E-state index contributed by atoms with van der Waals surface area (Å²) in [4.78, 5) is 10.6. The molecule has 0 aliphatic rings. The van der Waals surface area contributed by atoms with Crippen LogP contribution in [0.4, 0.5) is 13.2 Å². The van der Waals surface area contributed by atoms with E-state index in [1.807, 2.05) is 0 Å². The third-order valence-electron chi connectivity index (χ3n) is 2.25. The lowest BCUT2D eigenvalue weighted by Crippen LogP contribution is -2.20. The van der Waals surface area contributed by atoms with Crippen LogP contribution in [-0.2, 0) is 4.79 Å². The molecule has 0 spiro atoms. The van der Waals surface area contributed by atoms with Crippen LogP contribution in [0.5, 0.6) is 0 Å². The maximum absolute atomic E-state index is 13.2. The Hall–Kier alpha value is -1.78. The largest absolute Gasteiger partial charge is 0.356 e. The summed E-state index contributed by atoms with van der Waals surface area (Å²) in [5.74, 6) is -1.02. The van der Waals surface area contributed by atoms with Crippen LogP contribution in [0.3, 0.4) is 0 Å². The standard InChI is InChI=1S/C13H14F3NO/c1-9(18)17-7-3-2-4-10-5-6-11(13(15)16)12(14)8-10/h2,4-6,8,13H,3,7H2,1H3,(H,17,18). The number of carbonyl (C=O) groups excluding carboxylic acids is 1. The van der Waals surface area contributed by atoms with E-state index in [1.165, 1.54) is 13.0 Å². The van der Waals surface area contributed by atoms with Gasteiger partial charge in [-0.2, -0.15) is 0 Å². The third kappa shape index (κ3) is 4.61. The Labute approximate surface area is 104 Å². The molecule has 0 aromatic heterocycles. The van der Waals surface area contributed by atoms with Gasteiger partial charge in [0.15, 0.2) is 0 Å². The number of halogens is 3. The highest BCUT2D eigenvalue weighted by Gasteiger charge is 2.12. The minimum Gasteiger partial charge on any atom is -0.356 e. The van der Waals surface area contributed by atoms with E-state index >= 15 is 0 Å². The van der Waals surface area contributed by atoms with Crippen molar-refractivity contribution >= 4 is 12.0 Å². The predicted molar refractivity (Wildman–Crippen MR) is 63.7 cm³/mol. The zero-order valence-corrected chi connectivity index (χ0v) is 9.92. The highest BCUT2D eigenvalue weighted by molar-refractivity contribution is 5.72. The fourth-order valence-electron chi connectivity index (χ4n) is 1.37. The zero-order chi connectivity index (χ0) is 13.5. The van der Waals surface area contributed by atoms with Gasteiger partial charge < -0.3 is 5.32 Å². The molecular weight excluding hydrogens is 243 g/mol. The molecule has 5 heteroatoms. The minimum absolute atomic E-state index is 0.115. The minimum atomic E-state index is -2.80. The molecule has 0 saturated carbocycles. The lowest BCUT2D eigenvalue weighted by atomic mass is 10.1. The van der Waals surface area contributed by atoms with Gasteiger partial charge in [-0.1, -0.05) is 18.2 Å². The average molecular weight is 257 g/mol. The molecule has 0 fully saturated rings. The molecule has 1 rings (SSSR count). The van der Waals surface area contributed by atoms with E-state index in [9.17, 15) is 18.0 Å². The summed E-state index contributed by atoms with van der Waals surface area (Å²) in [6.07, 6.45) is 1.16. The van der Waals surface area contributed by atoms with Crippen molar-refractivity contribution < 1.29 is 18.0 Å². The molecule has 98 valence electrons. The first-order valence-electron chi connectivity index (χ1n) is 5.49. The van der Waals surface area contributed by atoms with Gasteiger partial charge >= 0.3 is 0 Å². The lowest BCUT2D eigenvalue weighted by molar-refractivity contribution is -0.118. The summed E-state index contributed by atoms with van der Waals surface area (Å²) < 4.78 is 37.8. The molecule has 0 aliphatic carbocycles. The average Bonchev–Trinajstić information content (AvgIpc) is 2.27. The lowest BCUT2D eigenvalue weighted by Gasteiger charge is -2.02. The SMILES string of the molecule is CC(=O)NCCC=Cc1ccc(C(F)F)c(F)c1. The normalized spacial score (nSPS) is 11.2. The van der Waals surface area contributed by atoms with Gasteiger partial charge in [-0.3, -0.25) is 4.79 Å². The molecule has 18 heavy (non-hydrogen) atoms. The van der Waals surface area contributed by atoms with Gasteiger partial charge in [0, 0.05) is 13.5 Å². The number of rotatable bonds is 5. The Kier molecular flexibility index (Phi) is 5.42. The van der Waals surface area contributed by atoms with E-state index in [1.54, 1.807) is 12.2 Å². The van der Waals surface area contributed by atoms with Crippen molar-refractivity contribution in [3.63, 3.8) is 0 Å². The fraction of sp³-hybridized carbons (Fsp3) is 0.308. The third-order valence-corrected chi connectivity index (χ3v) is 2.25. The van der Waals surface area contributed by atoms with E-state index in [0.29, 0.717) is 18.5 Å². The van der Waals surface area contributed by atoms with Crippen LogP contribution in [0.2, 0.25) is 0 Å². The molecule has 0 saturated heterocycles. The maximum Gasteiger partial charge on any atom is 0.266 e. The van der Waals surface area contributed by atoms with Crippen molar-refractivity contribution in [1.82, 2.24) is 5.32 Å². The van der Waals surface area contributed by atoms with Crippen LogP contribution >= 0.6 is 0 Å². The second kappa shape index (κ2) is 6.83. The highest BCUT2D eigenvalue weighted by Crippen LogP contribution is 2.22. The first kappa shape index (κ1) is 14.3. The van der Waals surface area contributed by atoms with Gasteiger partial charge in [-0.05, 0) is 24.1 Å². The molecule has 0 heterocycles. The Morgan fingerprint density at radius 2 is 2.17 bits per heavy atom. The van der Waals surface area contributed by atoms with Crippen LogP contribution in [0, 0.1) is 5.82 Å². The second-order valence-electron chi connectivity index (χ2n) is 3.76. The maximum atomic E-state index is 13.2. The van der Waals surface area contributed by atoms with Gasteiger partial charge in [-0.25, -0.2) is 13.2 Å². The Morgan fingerprint density at radius 3 is 2.72 bits per heavy atom. The van der Waals surface area contributed by atoms with E-state index in [2.05, 4.69) is 5.32 Å². The molecule has 0 unspecified atom stereocenters. The molecule has 1 aromatic rings. The summed E-state index contributed by atoms with van der Waals surface area (Å²) in [7, 11) is 0. The molecular formula is C13H14F3NO. The Bertz CT molecular complexity index is 444. The molecule has 0 radical (unpaired) electrons. The van der Waals surface area contributed by atoms with Crippen molar-refractivity contribution in [3.8, 4) is 0 Å². The molecule has 0 aliphatic heterocycles. The van der Waals surface area contributed by atoms with Crippen LogP contribution in [0.15, 0.2) is 24.3 Å². The number of hydrogen-bond donors (Lipinski definition) is 1. The van der Waals surface area contributed by atoms with Gasteiger partial charge in [0.05, 0.1) is 5.56 Å². The Morgan fingerprint density at radius 1 is 1.44 bits per heavy atom. The van der Waals surface area contributed by atoms with Crippen LogP contribution in [-0.4, -0.2) is 12.5 Å². The summed E-state index contributed by atoms with van der Waals surface area (Å²) in [6, 6.07) is 3.57. The fourth-order valence-corrected chi connectivity index (χ4v) is 1.37. The van der Waals surface area contributed by atoms with Gasteiger partial charge in [-0.15, -0.1) is 0 Å². The quantitative estimate of drug-likeness (QED) is 0.806. The molecule has 0 atom stereocenters. The predicted octanol–water partition coefficient (Wildman–Crippen LogP) is 3.30. The molecule has 1 aromatic carbocycles. The smallest absolute Gasteiger partial charge is 0.266 e. The van der Waals surface area contributed by atoms with Crippen LogP contribution in [0.25, 0.3) is 6.08 Å². The van der Waals surface area contributed by atoms with Crippen molar-refractivity contribution in [3.05, 3.63) is 41.2 Å². The number of carbonyl (C=O) groups is 1. The zero-order valence-electron chi connectivity index (χ0n) is 9.92. The highest BCUT2D eigenvalue weighted by atomic mass is 19.3. The van der Waals surface area contributed by atoms with Crippen molar-refractivity contribution in [2.45, 2.75) is 19.8 Å². The first-order chi connectivity index (χ1) is 8.50. The molecule has 0 bridgehead atoms. The van der Waals surface area contributed by atoms with Crippen molar-refractivity contribution in [2.75, 3.05) is 6.54 Å². The van der Waals surface area contributed by atoms with Crippen molar-refractivity contribution in [2.24, 2.45) is 0 Å². The van der Waals surface area contributed by atoms with Crippen LogP contribution < -0.4 is 5.32 Å². The second-order valence-corrected chi connectivity index (χ2v) is 3.76. The monoisotopic (exact) mass is 257 g/mol. The van der Waals surface area contributed by atoms with Gasteiger partial charge in [0.1, 0.15) is 5.82 Å². The molecule has 1 amide bonds. The number of nitrogens with one attached hydrogen (secondary N) is 1. The topological polar surface area (TPSA) is 29.1 Å².